The molecule has 2 aliphatic rings. The monoisotopic (exact) mass is 879 g/mol. The number of aromatic nitrogens is 2. The Kier molecular flexibility index (Phi) is 20.6. The van der Waals surface area contributed by atoms with E-state index in [-0.39, 0.29) is 12.1 Å². The van der Waals surface area contributed by atoms with E-state index in [0.29, 0.717) is 13.2 Å². The fourth-order valence-electron chi connectivity index (χ4n) is 7.96. The average Bonchev–Trinajstić information content (AvgIpc) is 3.85. The first-order valence-electron chi connectivity index (χ1n) is 23.4. The summed E-state index contributed by atoms with van der Waals surface area (Å²) in [6.45, 7) is 32.4. The average molecular weight is 879 g/mol. The number of aliphatic hydroxyl groups excluding tert-OH is 2. The molecule has 2 aromatic carbocycles. The summed E-state index contributed by atoms with van der Waals surface area (Å²) in [5.41, 5.74) is 14.6. The zero-order valence-electron chi connectivity index (χ0n) is 42.1. The van der Waals surface area contributed by atoms with Gasteiger partial charge in [-0.05, 0) is 125 Å². The zero-order valence-corrected chi connectivity index (χ0v) is 42.1. The number of nitrogens with one attached hydrogen (secondary N) is 1. The molecule has 65 heavy (non-hydrogen) atoms. The van der Waals surface area contributed by atoms with E-state index in [1.165, 1.54) is 0 Å². The first-order valence-corrected chi connectivity index (χ1v) is 23.4. The van der Waals surface area contributed by atoms with Gasteiger partial charge in [0, 0.05) is 98.6 Å². The maximum atomic E-state index is 9.34. The molecule has 0 radical (unpaired) electrons. The number of hydrogen-bond donors (Lipinski definition) is 3. The van der Waals surface area contributed by atoms with Crippen LogP contribution in [0.4, 0.5) is 5.82 Å². The molecule has 4 aromatic rings. The van der Waals surface area contributed by atoms with E-state index >= 15 is 0 Å². The molecule has 0 saturated carbocycles. The van der Waals surface area contributed by atoms with Gasteiger partial charge in [-0.2, -0.15) is 0 Å². The Labute approximate surface area is 392 Å². The van der Waals surface area contributed by atoms with Gasteiger partial charge in [0.1, 0.15) is 11.4 Å². The van der Waals surface area contributed by atoms with Gasteiger partial charge in [0.05, 0.1) is 16.9 Å². The fourth-order valence-corrected chi connectivity index (χ4v) is 7.96. The van der Waals surface area contributed by atoms with Crippen LogP contribution in [0.1, 0.15) is 114 Å². The van der Waals surface area contributed by atoms with Crippen molar-refractivity contribution in [2.75, 3.05) is 46.2 Å². The number of aliphatic hydroxyl groups is 2. The van der Waals surface area contributed by atoms with Crippen LogP contribution in [0.15, 0.2) is 116 Å². The SMILES string of the molecule is C=C/C(=C\N(C)C)c1cccc(-c2nc(C)c(C3=CC4(N=C3)C(c3cccc(-c5nc(NCCCCO)c(C(=C)/C=C\C)cc5C)c3)=CN(C)C4(C)C)cc2C)c1.CC.CC.CCCO. The van der Waals surface area contributed by atoms with Gasteiger partial charge in [0.15, 0.2) is 0 Å². The molecule has 1 spiro atoms. The molecular formula is C57H78N6O2. The molecule has 3 N–H and O–H groups in total. The number of benzene rings is 2. The fraction of sp³-hybridized carbons (Fsp3) is 0.386. The third kappa shape index (κ3) is 12.3. The van der Waals surface area contributed by atoms with Gasteiger partial charge in [-0.1, -0.05) is 102 Å². The lowest BCUT2D eigenvalue weighted by Crippen LogP contribution is -2.51. The predicted molar refractivity (Wildman–Crippen MR) is 283 cm³/mol. The van der Waals surface area contributed by atoms with E-state index in [9.17, 15) is 5.11 Å². The largest absolute Gasteiger partial charge is 0.396 e. The number of allylic oxidation sites excluding steroid dienone is 6. The zero-order chi connectivity index (χ0) is 48.5. The van der Waals surface area contributed by atoms with Crippen molar-refractivity contribution in [2.24, 2.45) is 4.99 Å². The number of anilines is 1. The summed E-state index contributed by atoms with van der Waals surface area (Å²) >= 11 is 0. The van der Waals surface area contributed by atoms with E-state index in [4.69, 9.17) is 20.1 Å². The lowest BCUT2D eigenvalue weighted by atomic mass is 9.74. The van der Waals surface area contributed by atoms with Crippen LogP contribution in [0.2, 0.25) is 0 Å². The minimum atomic E-state index is -0.626. The molecule has 2 aliphatic heterocycles. The summed E-state index contributed by atoms with van der Waals surface area (Å²) in [4.78, 5) is 20.2. The summed E-state index contributed by atoms with van der Waals surface area (Å²) in [7, 11) is 6.18. The van der Waals surface area contributed by atoms with Crippen molar-refractivity contribution in [1.82, 2.24) is 19.8 Å². The van der Waals surface area contributed by atoms with E-state index in [0.717, 1.165) is 109 Å². The van der Waals surface area contributed by atoms with Crippen LogP contribution in [0.3, 0.4) is 0 Å². The molecule has 8 heteroatoms. The van der Waals surface area contributed by atoms with Crippen molar-refractivity contribution in [3.05, 3.63) is 150 Å². The predicted octanol–water partition coefficient (Wildman–Crippen LogP) is 13.0. The van der Waals surface area contributed by atoms with Crippen molar-refractivity contribution >= 4 is 34.3 Å². The van der Waals surface area contributed by atoms with E-state index in [1.54, 1.807) is 0 Å². The second-order valence-corrected chi connectivity index (χ2v) is 16.7. The number of aryl methyl sites for hydroxylation is 3. The summed E-state index contributed by atoms with van der Waals surface area (Å²) in [6.07, 6.45) is 17.1. The molecule has 0 saturated heterocycles. The summed E-state index contributed by atoms with van der Waals surface area (Å²) in [5, 5.41) is 20.8. The molecule has 0 fully saturated rings. The number of hydrogen-bond acceptors (Lipinski definition) is 8. The third-order valence-corrected chi connectivity index (χ3v) is 11.6. The van der Waals surface area contributed by atoms with Crippen molar-refractivity contribution in [3.8, 4) is 22.5 Å². The quantitative estimate of drug-likeness (QED) is 0.0808. The lowest BCUT2D eigenvalue weighted by molar-refractivity contribution is 0.200. The van der Waals surface area contributed by atoms with Crippen molar-refractivity contribution in [1.29, 1.82) is 0 Å². The van der Waals surface area contributed by atoms with Gasteiger partial charge in [-0.3, -0.25) is 9.98 Å². The smallest absolute Gasteiger partial charge is 0.134 e. The Morgan fingerprint density at radius 3 is 2.09 bits per heavy atom. The Hall–Kier alpha value is -5.83. The number of likely N-dealkylation sites (N-methyl/N-ethyl adjacent to an activating group) is 1. The number of pyridine rings is 2. The van der Waals surface area contributed by atoms with Gasteiger partial charge in [0.2, 0.25) is 0 Å². The number of nitrogens with zero attached hydrogens (tertiary/aromatic N) is 5. The van der Waals surface area contributed by atoms with Gasteiger partial charge in [-0.15, -0.1) is 0 Å². The number of rotatable bonds is 15. The highest BCUT2D eigenvalue weighted by atomic mass is 16.3. The van der Waals surface area contributed by atoms with Gasteiger partial charge >= 0.3 is 0 Å². The maximum Gasteiger partial charge on any atom is 0.134 e. The maximum absolute atomic E-state index is 9.34. The standard InChI is InChI=1S/C50H58N6O.C3H8O.2C2H6/c1-12-18-33(3)43-25-34(4)47(54-48(43)51-23-14-15-24-57)41-22-17-20-39(28-41)45-32-56(11)49(7,8)50(45)29-42(30-52-50)44-26-35(5)46(53-36(44)6)40-21-16-19-38(27-40)37(13-2)31-55(9)10;1-2-3-4;2*1-2/h12-13,16-22,25-32,57H,2-3,14-15,23-24H2,1,4-11H3,(H,51,54);4H,2-3H2,1H3;2*1-2H3/b18-12-,37-31+;;;. The van der Waals surface area contributed by atoms with Gasteiger partial charge in [-0.25, -0.2) is 4.98 Å². The van der Waals surface area contributed by atoms with Crippen LogP contribution in [-0.4, -0.2) is 88.2 Å². The molecule has 0 amide bonds. The molecule has 0 aliphatic carbocycles. The van der Waals surface area contributed by atoms with Gasteiger partial charge < -0.3 is 25.3 Å². The molecule has 6 rings (SSSR count). The Bertz CT molecular complexity index is 2400. The van der Waals surface area contributed by atoms with Crippen LogP contribution in [-0.2, 0) is 0 Å². The minimum Gasteiger partial charge on any atom is -0.396 e. The van der Waals surface area contributed by atoms with E-state index < -0.39 is 5.54 Å². The number of aliphatic imine (C=N–C) groups is 1. The van der Waals surface area contributed by atoms with Crippen LogP contribution < -0.4 is 5.32 Å². The lowest BCUT2D eigenvalue weighted by Gasteiger charge is -2.41. The van der Waals surface area contributed by atoms with Crippen molar-refractivity contribution in [3.63, 3.8) is 0 Å². The molecular weight excluding hydrogens is 801 g/mol. The molecule has 348 valence electrons. The molecule has 4 heterocycles. The Morgan fingerprint density at radius 2 is 1.48 bits per heavy atom. The second-order valence-electron chi connectivity index (χ2n) is 16.7. The number of unbranched alkanes of at least 4 members (excludes halogenated alkanes) is 1. The molecule has 1 unspecified atom stereocenters. The molecule has 1 atom stereocenters. The first kappa shape index (κ1) is 53.5. The second kappa shape index (κ2) is 25.0. The van der Waals surface area contributed by atoms with E-state index in [1.807, 2.05) is 85.0 Å². The van der Waals surface area contributed by atoms with Crippen LogP contribution in [0.25, 0.3) is 44.8 Å². The van der Waals surface area contributed by atoms with Crippen LogP contribution >= 0.6 is 0 Å². The molecule has 2 aromatic heterocycles. The Morgan fingerprint density at radius 1 is 0.862 bits per heavy atom. The molecule has 0 bridgehead atoms. The van der Waals surface area contributed by atoms with Crippen molar-refractivity contribution in [2.45, 2.75) is 107 Å². The summed E-state index contributed by atoms with van der Waals surface area (Å²) in [6, 6.07) is 21.7. The first-order chi connectivity index (χ1) is 31.2. The summed E-state index contributed by atoms with van der Waals surface area (Å²) in [5.74, 6) is 0.799. The van der Waals surface area contributed by atoms with Gasteiger partial charge in [0.25, 0.3) is 0 Å². The van der Waals surface area contributed by atoms with Crippen molar-refractivity contribution < 1.29 is 10.2 Å². The highest BCUT2D eigenvalue weighted by molar-refractivity contribution is 6.15. The highest BCUT2D eigenvalue weighted by Crippen LogP contribution is 2.52. The highest BCUT2D eigenvalue weighted by Gasteiger charge is 2.54. The molecule has 8 nitrogen and oxygen atoms in total. The normalized spacial score (nSPS) is 15.9. The minimum absolute atomic E-state index is 0.174. The third-order valence-electron chi connectivity index (χ3n) is 11.6. The van der Waals surface area contributed by atoms with Crippen LogP contribution in [0, 0.1) is 20.8 Å². The van der Waals surface area contributed by atoms with Crippen LogP contribution in [0.5, 0.6) is 0 Å². The summed E-state index contributed by atoms with van der Waals surface area (Å²) < 4.78 is 0. The topological polar surface area (TPSA) is 97.1 Å². The Balaban J connectivity index is 0.00000131. The van der Waals surface area contributed by atoms with E-state index in [2.05, 4.69) is 144 Å².